The van der Waals surface area contributed by atoms with E-state index < -0.39 is 22.6 Å². The Labute approximate surface area is 160 Å². The van der Waals surface area contributed by atoms with E-state index in [-0.39, 0.29) is 31.1 Å². The highest BCUT2D eigenvalue weighted by Gasteiger charge is 2.75. The summed E-state index contributed by atoms with van der Waals surface area (Å²) >= 11 is 0. The van der Waals surface area contributed by atoms with Gasteiger partial charge in [-0.3, -0.25) is 4.79 Å². The SMILES string of the molecule is COc1cc(CC23CC4CC(=O)C2(O)CC(c2ccccc2)(O4)O3)oc(=O)c1. The number of fused-ring (bicyclic) bond motifs is 2. The third kappa shape index (κ3) is 2.33. The quantitative estimate of drug-likeness (QED) is 0.857. The van der Waals surface area contributed by atoms with E-state index in [1.165, 1.54) is 13.2 Å². The third-order valence-electron chi connectivity index (χ3n) is 6.10. The van der Waals surface area contributed by atoms with Crippen LogP contribution < -0.4 is 10.4 Å². The van der Waals surface area contributed by atoms with Crippen molar-refractivity contribution in [2.45, 2.75) is 48.8 Å². The highest BCUT2D eigenvalue weighted by Crippen LogP contribution is 2.61. The fraction of sp³-hybridized carbons (Fsp3) is 0.429. The lowest BCUT2D eigenvalue weighted by Crippen LogP contribution is -2.64. The van der Waals surface area contributed by atoms with Crippen molar-refractivity contribution in [3.05, 3.63) is 64.2 Å². The molecule has 1 aliphatic carbocycles. The van der Waals surface area contributed by atoms with Gasteiger partial charge in [0.2, 0.25) is 0 Å². The van der Waals surface area contributed by atoms with Gasteiger partial charge in [0.25, 0.3) is 0 Å². The van der Waals surface area contributed by atoms with E-state index in [9.17, 15) is 14.7 Å². The van der Waals surface area contributed by atoms with Gasteiger partial charge in [-0.2, -0.15) is 0 Å². The van der Waals surface area contributed by atoms with E-state index in [0.717, 1.165) is 5.56 Å². The van der Waals surface area contributed by atoms with E-state index in [1.54, 1.807) is 6.07 Å². The number of ketones is 1. The fourth-order valence-corrected chi connectivity index (χ4v) is 4.90. The molecule has 3 aliphatic rings. The molecule has 4 atom stereocenters. The molecule has 1 aromatic heterocycles. The van der Waals surface area contributed by atoms with Crippen LogP contribution in [0.2, 0.25) is 0 Å². The van der Waals surface area contributed by atoms with E-state index >= 15 is 0 Å². The van der Waals surface area contributed by atoms with Gasteiger partial charge in [0.1, 0.15) is 17.1 Å². The van der Waals surface area contributed by atoms with Gasteiger partial charge in [-0.05, 0) is 0 Å². The molecule has 0 amide bonds. The number of hydrogen-bond acceptors (Lipinski definition) is 7. The lowest BCUT2D eigenvalue weighted by molar-refractivity contribution is -0.334. The van der Waals surface area contributed by atoms with Gasteiger partial charge in [-0.15, -0.1) is 0 Å². The van der Waals surface area contributed by atoms with Crippen molar-refractivity contribution < 1.29 is 28.5 Å². The zero-order chi connectivity index (χ0) is 19.6. The van der Waals surface area contributed by atoms with Gasteiger partial charge < -0.3 is 23.7 Å². The van der Waals surface area contributed by atoms with Crippen LogP contribution in [0, 0.1) is 0 Å². The van der Waals surface area contributed by atoms with Crippen LogP contribution in [-0.4, -0.2) is 35.3 Å². The molecule has 146 valence electrons. The summed E-state index contributed by atoms with van der Waals surface area (Å²) in [5.74, 6) is -0.860. The van der Waals surface area contributed by atoms with E-state index in [2.05, 4.69) is 0 Å². The number of methoxy groups -OCH3 is 1. The second-order valence-corrected chi connectivity index (χ2v) is 7.78. The minimum Gasteiger partial charge on any atom is -0.496 e. The van der Waals surface area contributed by atoms with Gasteiger partial charge in [0.05, 0.1) is 19.3 Å². The second-order valence-electron chi connectivity index (χ2n) is 7.78. The molecule has 7 nitrogen and oxygen atoms in total. The molecular formula is C21H20O7. The minimum absolute atomic E-state index is 0.00749. The summed E-state index contributed by atoms with van der Waals surface area (Å²) in [6.45, 7) is 0. The summed E-state index contributed by atoms with van der Waals surface area (Å²) < 4.78 is 23.0. The maximum atomic E-state index is 12.9. The van der Waals surface area contributed by atoms with Crippen molar-refractivity contribution in [2.75, 3.05) is 7.11 Å². The second kappa shape index (κ2) is 5.76. The Bertz CT molecular complexity index is 999. The van der Waals surface area contributed by atoms with E-state index in [4.69, 9.17) is 18.6 Å². The van der Waals surface area contributed by atoms with Crippen molar-refractivity contribution in [3.8, 4) is 5.75 Å². The molecule has 1 aromatic carbocycles. The highest BCUT2D eigenvalue weighted by atomic mass is 16.7. The van der Waals surface area contributed by atoms with Gasteiger partial charge in [0.15, 0.2) is 17.2 Å². The van der Waals surface area contributed by atoms with Crippen LogP contribution in [0.15, 0.2) is 51.7 Å². The Kier molecular flexibility index (Phi) is 3.62. The van der Waals surface area contributed by atoms with Crippen LogP contribution in [0.5, 0.6) is 5.75 Å². The fourth-order valence-electron chi connectivity index (χ4n) is 4.90. The van der Waals surface area contributed by atoms with Gasteiger partial charge in [0, 0.05) is 37.3 Å². The molecule has 3 heterocycles. The Hall–Kier alpha value is -2.48. The summed E-state index contributed by atoms with van der Waals surface area (Å²) in [5.41, 5.74) is -2.77. The first-order valence-electron chi connectivity index (χ1n) is 9.25. The first-order valence-corrected chi connectivity index (χ1v) is 9.25. The summed E-state index contributed by atoms with van der Waals surface area (Å²) in [6.07, 6.45) is 0.175. The number of hydrogen-bond donors (Lipinski definition) is 1. The molecule has 1 N–H and O–H groups in total. The molecule has 0 radical (unpaired) electrons. The summed E-state index contributed by atoms with van der Waals surface area (Å²) in [7, 11) is 1.46. The van der Waals surface area contributed by atoms with Crippen LogP contribution in [0.4, 0.5) is 0 Å². The summed E-state index contributed by atoms with van der Waals surface area (Å²) in [5, 5.41) is 11.5. The predicted octanol–water partition coefficient (Wildman–Crippen LogP) is 1.70. The van der Waals surface area contributed by atoms with Crippen molar-refractivity contribution >= 4 is 5.78 Å². The first-order chi connectivity index (χ1) is 13.4. The third-order valence-corrected chi connectivity index (χ3v) is 6.10. The number of benzene rings is 1. The predicted molar refractivity (Wildman–Crippen MR) is 95.9 cm³/mol. The molecule has 3 bridgehead atoms. The largest absolute Gasteiger partial charge is 0.496 e. The van der Waals surface area contributed by atoms with Crippen molar-refractivity contribution in [1.82, 2.24) is 0 Å². The Balaban J connectivity index is 1.62. The summed E-state index contributed by atoms with van der Waals surface area (Å²) in [6, 6.07) is 12.1. The molecule has 7 heteroatoms. The number of carbonyl (C=O) groups is 1. The molecule has 28 heavy (non-hydrogen) atoms. The number of Topliss-reactive ketones (excluding diaryl/α,β-unsaturated/α-hetero) is 1. The molecule has 4 unspecified atom stereocenters. The highest BCUT2D eigenvalue weighted by molar-refractivity contribution is 5.91. The number of rotatable bonds is 4. The van der Waals surface area contributed by atoms with Gasteiger partial charge in [-0.25, -0.2) is 4.79 Å². The standard InChI is InChI=1S/C21H20O7/c1-25-14-7-15(26-18(23)9-14)10-19-11-16-8-17(22)20(19,24)12-21(27-16,28-19)13-5-3-2-4-6-13/h2-7,9,16,24H,8,10-12H2,1H3. The monoisotopic (exact) mass is 384 g/mol. The van der Waals surface area contributed by atoms with Crippen LogP contribution in [0.1, 0.15) is 30.6 Å². The Morgan fingerprint density at radius 2 is 2.00 bits per heavy atom. The Morgan fingerprint density at radius 3 is 2.75 bits per heavy atom. The molecule has 2 saturated heterocycles. The molecule has 2 aliphatic heterocycles. The van der Waals surface area contributed by atoms with Crippen molar-refractivity contribution in [1.29, 1.82) is 0 Å². The molecule has 5 rings (SSSR count). The Morgan fingerprint density at radius 1 is 1.21 bits per heavy atom. The maximum Gasteiger partial charge on any atom is 0.339 e. The minimum atomic E-state index is -1.72. The number of ether oxygens (including phenoxy) is 3. The molecule has 2 aromatic rings. The van der Waals surface area contributed by atoms with Gasteiger partial charge in [-0.1, -0.05) is 30.3 Å². The lowest BCUT2D eigenvalue weighted by atomic mass is 9.68. The lowest BCUT2D eigenvalue weighted by Gasteiger charge is -2.49. The van der Waals surface area contributed by atoms with E-state index in [0.29, 0.717) is 17.9 Å². The zero-order valence-electron chi connectivity index (χ0n) is 15.3. The zero-order valence-corrected chi connectivity index (χ0v) is 15.3. The van der Waals surface area contributed by atoms with E-state index in [1.807, 2.05) is 30.3 Å². The molecule has 3 fully saturated rings. The average molecular weight is 384 g/mol. The van der Waals surface area contributed by atoms with Crippen molar-refractivity contribution in [3.63, 3.8) is 0 Å². The van der Waals surface area contributed by atoms with Gasteiger partial charge >= 0.3 is 5.63 Å². The van der Waals surface area contributed by atoms with Crippen LogP contribution >= 0.6 is 0 Å². The molecule has 0 spiro atoms. The van der Waals surface area contributed by atoms with Crippen LogP contribution in [0.25, 0.3) is 0 Å². The topological polar surface area (TPSA) is 95.2 Å². The van der Waals surface area contributed by atoms with Crippen LogP contribution in [0.3, 0.4) is 0 Å². The van der Waals surface area contributed by atoms with Crippen LogP contribution in [-0.2, 0) is 26.5 Å². The molecule has 1 saturated carbocycles. The number of aliphatic hydroxyl groups is 1. The summed E-state index contributed by atoms with van der Waals surface area (Å²) in [4.78, 5) is 24.7. The van der Waals surface area contributed by atoms with Crippen molar-refractivity contribution in [2.24, 2.45) is 0 Å². The smallest absolute Gasteiger partial charge is 0.339 e. The average Bonchev–Trinajstić information content (AvgIpc) is 2.80. The maximum absolute atomic E-state index is 12.9. The number of carbonyl (C=O) groups excluding carboxylic acids is 1. The first kappa shape index (κ1) is 17.6. The molecular weight excluding hydrogens is 364 g/mol. The normalized spacial score (nSPS) is 35.9.